The molecule has 0 atom stereocenters. The lowest BCUT2D eigenvalue weighted by Crippen LogP contribution is -2.14. The fourth-order valence-corrected chi connectivity index (χ4v) is 3.64. The summed E-state index contributed by atoms with van der Waals surface area (Å²) < 4.78 is 13.5. The van der Waals surface area contributed by atoms with Gasteiger partial charge in [-0.2, -0.15) is 0 Å². The Morgan fingerprint density at radius 2 is 1.86 bits per heavy atom. The molecular formula is C24H24N2O3. The summed E-state index contributed by atoms with van der Waals surface area (Å²) >= 11 is 0. The normalized spacial score (nSPS) is 11.3. The molecule has 2 aromatic carbocycles. The van der Waals surface area contributed by atoms with E-state index < -0.39 is 5.97 Å². The minimum Gasteiger partial charge on any atom is -0.489 e. The Labute approximate surface area is 169 Å². The summed E-state index contributed by atoms with van der Waals surface area (Å²) in [5.74, 6) is 0.393. The maximum absolute atomic E-state index is 12.5. The van der Waals surface area contributed by atoms with Gasteiger partial charge in [-0.1, -0.05) is 30.3 Å². The molecule has 0 radical (unpaired) electrons. The number of ether oxygens (including phenoxy) is 2. The summed E-state index contributed by atoms with van der Waals surface area (Å²) in [6, 6.07) is 16.1. The first kappa shape index (κ1) is 19.0. The Bertz CT molecular complexity index is 1190. The average Bonchev–Trinajstić information content (AvgIpc) is 2.99. The lowest BCUT2D eigenvalue weighted by atomic mass is 10.1. The molecule has 4 rings (SSSR count). The van der Waals surface area contributed by atoms with Crippen LogP contribution in [0.5, 0.6) is 5.75 Å². The van der Waals surface area contributed by atoms with Crippen LogP contribution in [-0.2, 0) is 18.4 Å². The third kappa shape index (κ3) is 3.56. The molecule has 0 saturated carbocycles. The highest BCUT2D eigenvalue weighted by Crippen LogP contribution is 2.34. The second-order valence-corrected chi connectivity index (χ2v) is 7.46. The van der Waals surface area contributed by atoms with Gasteiger partial charge in [0.2, 0.25) is 0 Å². The Morgan fingerprint density at radius 3 is 2.59 bits per heavy atom. The van der Waals surface area contributed by atoms with E-state index in [9.17, 15) is 4.79 Å². The third-order valence-corrected chi connectivity index (χ3v) is 5.05. The van der Waals surface area contributed by atoms with Gasteiger partial charge in [0, 0.05) is 23.3 Å². The zero-order valence-corrected chi connectivity index (χ0v) is 17.1. The lowest BCUT2D eigenvalue weighted by Gasteiger charge is -2.10. The molecule has 0 spiro atoms. The average molecular weight is 388 g/mol. The van der Waals surface area contributed by atoms with E-state index in [1.165, 1.54) is 0 Å². The van der Waals surface area contributed by atoms with E-state index in [-0.39, 0.29) is 6.10 Å². The minimum atomic E-state index is -0.395. The van der Waals surface area contributed by atoms with Crippen molar-refractivity contribution in [1.29, 1.82) is 0 Å². The highest BCUT2D eigenvalue weighted by Gasteiger charge is 2.20. The molecular weight excluding hydrogens is 364 g/mol. The van der Waals surface area contributed by atoms with Crippen molar-refractivity contribution in [2.45, 2.75) is 33.5 Å². The van der Waals surface area contributed by atoms with Gasteiger partial charge >= 0.3 is 5.97 Å². The van der Waals surface area contributed by atoms with Crippen molar-refractivity contribution in [3.05, 3.63) is 71.5 Å². The van der Waals surface area contributed by atoms with Gasteiger partial charge in [-0.05, 0) is 50.1 Å². The molecule has 0 fully saturated rings. The number of pyridine rings is 1. The maximum atomic E-state index is 12.5. The summed E-state index contributed by atoms with van der Waals surface area (Å²) in [5.41, 5.74) is 4.32. The van der Waals surface area contributed by atoms with E-state index in [1.54, 1.807) is 6.20 Å². The molecule has 0 aliphatic rings. The molecule has 0 unspecified atom stereocenters. The smallest absolute Gasteiger partial charge is 0.357 e. The number of rotatable bonds is 5. The molecule has 0 aliphatic heterocycles. The largest absolute Gasteiger partial charge is 0.489 e. The quantitative estimate of drug-likeness (QED) is 0.442. The molecule has 148 valence electrons. The van der Waals surface area contributed by atoms with Gasteiger partial charge in [0.05, 0.1) is 17.8 Å². The van der Waals surface area contributed by atoms with Crippen LogP contribution < -0.4 is 4.74 Å². The molecule has 0 bridgehead atoms. The lowest BCUT2D eigenvalue weighted by molar-refractivity contribution is 0.0370. The maximum Gasteiger partial charge on any atom is 0.357 e. The number of aromatic nitrogens is 2. The molecule has 4 aromatic rings. The van der Waals surface area contributed by atoms with Crippen molar-refractivity contribution in [3.8, 4) is 5.75 Å². The number of hydrogen-bond donors (Lipinski definition) is 0. The van der Waals surface area contributed by atoms with E-state index in [4.69, 9.17) is 9.47 Å². The zero-order valence-electron chi connectivity index (χ0n) is 17.1. The summed E-state index contributed by atoms with van der Waals surface area (Å²) in [5, 5.41) is 2.03. The number of benzene rings is 2. The van der Waals surface area contributed by atoms with Crippen LogP contribution in [0.3, 0.4) is 0 Å². The highest BCUT2D eigenvalue weighted by atomic mass is 16.5. The fraction of sp³-hybridized carbons (Fsp3) is 0.250. The molecule has 0 amide bonds. The van der Waals surface area contributed by atoms with Crippen LogP contribution in [-0.4, -0.2) is 21.6 Å². The first-order valence-electron chi connectivity index (χ1n) is 9.71. The van der Waals surface area contributed by atoms with Crippen molar-refractivity contribution in [2.24, 2.45) is 7.05 Å². The summed E-state index contributed by atoms with van der Waals surface area (Å²) in [7, 11) is 2.00. The number of carbonyl (C=O) groups excluding carboxylic acids is 1. The van der Waals surface area contributed by atoms with E-state index in [0.717, 1.165) is 38.7 Å². The van der Waals surface area contributed by atoms with Crippen LogP contribution in [0, 0.1) is 6.92 Å². The van der Waals surface area contributed by atoms with Crippen LogP contribution >= 0.6 is 0 Å². The number of esters is 1. The fourth-order valence-electron chi connectivity index (χ4n) is 3.64. The third-order valence-electron chi connectivity index (χ3n) is 5.05. The Morgan fingerprint density at radius 1 is 1.10 bits per heavy atom. The molecule has 0 aliphatic carbocycles. The second-order valence-electron chi connectivity index (χ2n) is 7.46. The number of aryl methyl sites for hydroxylation is 2. The molecule has 0 saturated heterocycles. The van der Waals surface area contributed by atoms with Crippen molar-refractivity contribution < 1.29 is 14.3 Å². The van der Waals surface area contributed by atoms with Gasteiger partial charge < -0.3 is 14.0 Å². The molecule has 2 heterocycles. The van der Waals surface area contributed by atoms with Crippen molar-refractivity contribution >= 4 is 27.8 Å². The summed E-state index contributed by atoms with van der Waals surface area (Å²) in [4.78, 5) is 16.9. The predicted molar refractivity (Wildman–Crippen MR) is 114 cm³/mol. The monoisotopic (exact) mass is 388 g/mol. The molecule has 5 nitrogen and oxygen atoms in total. The van der Waals surface area contributed by atoms with Gasteiger partial charge in [-0.15, -0.1) is 0 Å². The van der Waals surface area contributed by atoms with E-state index in [0.29, 0.717) is 12.3 Å². The molecule has 5 heteroatoms. The standard InChI is InChI=1S/C24H24N2O3/c1-15(2)29-24(27)23-16(3)22-19-12-18(28-14-17-8-6-5-7-9-17)10-11-20(19)26(4)21(22)13-25-23/h5-13,15H,14H2,1-4H3. The van der Waals surface area contributed by atoms with E-state index >= 15 is 0 Å². The van der Waals surface area contributed by atoms with Gasteiger partial charge in [-0.3, -0.25) is 0 Å². The van der Waals surface area contributed by atoms with Crippen molar-refractivity contribution in [1.82, 2.24) is 9.55 Å². The number of carbonyl (C=O) groups is 1. The van der Waals surface area contributed by atoms with Crippen LogP contribution in [0.1, 0.15) is 35.5 Å². The predicted octanol–water partition coefficient (Wildman–Crippen LogP) is 5.18. The van der Waals surface area contributed by atoms with E-state index in [1.807, 2.05) is 76.3 Å². The van der Waals surface area contributed by atoms with Gasteiger partial charge in [0.15, 0.2) is 5.69 Å². The zero-order chi connectivity index (χ0) is 20.5. The summed E-state index contributed by atoms with van der Waals surface area (Å²) in [6.07, 6.45) is 1.55. The molecule has 2 aromatic heterocycles. The minimum absolute atomic E-state index is 0.190. The first-order valence-corrected chi connectivity index (χ1v) is 9.71. The Hall–Kier alpha value is -3.34. The SMILES string of the molecule is Cc1c(C(=O)OC(C)C)ncc2c1c1cc(OCc3ccccc3)ccc1n2C. The highest BCUT2D eigenvalue weighted by molar-refractivity contribution is 6.12. The number of hydrogen-bond acceptors (Lipinski definition) is 4. The van der Waals surface area contributed by atoms with Gasteiger partial charge in [0.25, 0.3) is 0 Å². The van der Waals surface area contributed by atoms with Gasteiger partial charge in [-0.25, -0.2) is 9.78 Å². The topological polar surface area (TPSA) is 53.4 Å². The Balaban J connectivity index is 1.77. The van der Waals surface area contributed by atoms with E-state index in [2.05, 4.69) is 9.55 Å². The van der Waals surface area contributed by atoms with Crippen molar-refractivity contribution in [2.75, 3.05) is 0 Å². The van der Waals surface area contributed by atoms with Crippen molar-refractivity contribution in [3.63, 3.8) is 0 Å². The number of nitrogens with zero attached hydrogens (tertiary/aromatic N) is 2. The molecule has 0 N–H and O–H groups in total. The van der Waals surface area contributed by atoms with Crippen LogP contribution in [0.4, 0.5) is 0 Å². The number of fused-ring (bicyclic) bond motifs is 3. The van der Waals surface area contributed by atoms with Crippen LogP contribution in [0.25, 0.3) is 21.8 Å². The second kappa shape index (κ2) is 7.59. The first-order chi connectivity index (χ1) is 14.0. The van der Waals surface area contributed by atoms with Gasteiger partial charge in [0.1, 0.15) is 12.4 Å². The summed E-state index contributed by atoms with van der Waals surface area (Å²) in [6.45, 7) is 6.09. The molecule has 29 heavy (non-hydrogen) atoms. The van der Waals surface area contributed by atoms with Crippen LogP contribution in [0.2, 0.25) is 0 Å². The Kier molecular flexibility index (Phi) is 4.97. The van der Waals surface area contributed by atoms with Crippen LogP contribution in [0.15, 0.2) is 54.7 Å².